The van der Waals surface area contributed by atoms with Crippen LogP contribution in [0.4, 0.5) is 0 Å². The average Bonchev–Trinajstić information content (AvgIpc) is 2.37. The van der Waals surface area contributed by atoms with E-state index in [9.17, 15) is 5.11 Å². The molecule has 1 saturated heterocycles. The average molecular weight is 314 g/mol. The fraction of sp³-hybridized carbons (Fsp3) is 0.571. The molecular formula is C14H20BrNO2. The maximum atomic E-state index is 10.00. The van der Waals surface area contributed by atoms with Gasteiger partial charge in [0.15, 0.2) is 0 Å². The Morgan fingerprint density at radius 3 is 3.00 bits per heavy atom. The van der Waals surface area contributed by atoms with Crippen molar-refractivity contribution in [2.75, 3.05) is 20.2 Å². The molecule has 100 valence electrons. The quantitative estimate of drug-likeness (QED) is 0.931. The SMILES string of the molecule is COC1CN(Cc2cccc(Br)c2O)CCC1C. The number of phenols is 1. The van der Waals surface area contributed by atoms with Gasteiger partial charge in [-0.05, 0) is 40.9 Å². The topological polar surface area (TPSA) is 32.7 Å². The number of halogens is 1. The summed E-state index contributed by atoms with van der Waals surface area (Å²) in [6.07, 6.45) is 1.45. The molecule has 1 N–H and O–H groups in total. The highest BCUT2D eigenvalue weighted by atomic mass is 79.9. The number of phenolic OH excluding ortho intramolecular Hbond substituents is 1. The first kappa shape index (κ1) is 13.8. The molecule has 0 radical (unpaired) electrons. The number of rotatable bonds is 3. The molecule has 1 heterocycles. The van der Waals surface area contributed by atoms with Crippen molar-refractivity contribution in [2.45, 2.75) is 26.0 Å². The van der Waals surface area contributed by atoms with Gasteiger partial charge in [0.05, 0.1) is 10.6 Å². The van der Waals surface area contributed by atoms with E-state index in [-0.39, 0.29) is 0 Å². The van der Waals surface area contributed by atoms with Gasteiger partial charge in [-0.25, -0.2) is 0 Å². The first-order valence-corrected chi connectivity index (χ1v) is 7.12. The summed E-state index contributed by atoms with van der Waals surface area (Å²) in [5.74, 6) is 0.965. The summed E-state index contributed by atoms with van der Waals surface area (Å²) >= 11 is 3.35. The second kappa shape index (κ2) is 6.04. The summed E-state index contributed by atoms with van der Waals surface area (Å²) in [5, 5.41) is 10.00. The lowest BCUT2D eigenvalue weighted by Crippen LogP contribution is -2.43. The molecule has 0 aliphatic carbocycles. The van der Waals surface area contributed by atoms with Crippen LogP contribution in [0, 0.1) is 5.92 Å². The van der Waals surface area contributed by atoms with E-state index in [0.717, 1.165) is 36.1 Å². The van der Waals surface area contributed by atoms with Crippen molar-refractivity contribution in [3.63, 3.8) is 0 Å². The maximum Gasteiger partial charge on any atom is 0.134 e. The molecule has 1 fully saturated rings. The van der Waals surface area contributed by atoms with Crippen LogP contribution in [-0.2, 0) is 11.3 Å². The lowest BCUT2D eigenvalue weighted by atomic mass is 9.95. The Morgan fingerprint density at radius 2 is 2.28 bits per heavy atom. The van der Waals surface area contributed by atoms with Crippen molar-refractivity contribution in [1.29, 1.82) is 0 Å². The van der Waals surface area contributed by atoms with Crippen molar-refractivity contribution in [3.8, 4) is 5.75 Å². The van der Waals surface area contributed by atoms with E-state index in [1.54, 1.807) is 7.11 Å². The standard InChI is InChI=1S/C14H20BrNO2/c1-10-6-7-16(9-13(10)18-2)8-11-4-3-5-12(15)14(11)17/h3-5,10,13,17H,6-9H2,1-2H3. The Kier molecular flexibility index (Phi) is 4.65. The summed E-state index contributed by atoms with van der Waals surface area (Å²) in [6.45, 7) is 5.01. The molecule has 2 atom stereocenters. The van der Waals surface area contributed by atoms with E-state index in [1.807, 2.05) is 18.2 Å². The fourth-order valence-electron chi connectivity index (χ4n) is 2.48. The zero-order valence-corrected chi connectivity index (χ0v) is 12.5. The van der Waals surface area contributed by atoms with Gasteiger partial charge in [-0.1, -0.05) is 19.1 Å². The normalized spacial score (nSPS) is 25.3. The molecule has 18 heavy (non-hydrogen) atoms. The van der Waals surface area contributed by atoms with Crippen LogP contribution < -0.4 is 0 Å². The molecular weight excluding hydrogens is 294 g/mol. The summed E-state index contributed by atoms with van der Waals surface area (Å²) < 4.78 is 6.27. The lowest BCUT2D eigenvalue weighted by molar-refractivity contribution is -0.00762. The zero-order chi connectivity index (χ0) is 13.1. The van der Waals surface area contributed by atoms with Gasteiger partial charge >= 0.3 is 0 Å². The van der Waals surface area contributed by atoms with E-state index in [2.05, 4.69) is 27.8 Å². The van der Waals surface area contributed by atoms with Crippen molar-refractivity contribution < 1.29 is 9.84 Å². The first-order chi connectivity index (χ1) is 8.61. The molecule has 2 unspecified atom stereocenters. The van der Waals surface area contributed by atoms with Gasteiger partial charge in [0, 0.05) is 25.8 Å². The van der Waals surface area contributed by atoms with Gasteiger partial charge < -0.3 is 9.84 Å². The van der Waals surface area contributed by atoms with Crippen LogP contribution in [-0.4, -0.2) is 36.3 Å². The van der Waals surface area contributed by atoms with Crippen LogP contribution >= 0.6 is 15.9 Å². The summed E-state index contributed by atoms with van der Waals surface area (Å²) in [6, 6.07) is 5.79. The van der Waals surface area contributed by atoms with Crippen LogP contribution in [0.3, 0.4) is 0 Å². The molecule has 1 aliphatic rings. The Balaban J connectivity index is 2.03. The summed E-state index contributed by atoms with van der Waals surface area (Å²) in [5.41, 5.74) is 0.966. The number of para-hydroxylation sites is 1. The van der Waals surface area contributed by atoms with E-state index < -0.39 is 0 Å². The minimum absolute atomic E-state index is 0.299. The molecule has 1 aromatic carbocycles. The summed E-state index contributed by atoms with van der Waals surface area (Å²) in [4.78, 5) is 2.34. The van der Waals surface area contributed by atoms with E-state index in [4.69, 9.17) is 4.74 Å². The van der Waals surface area contributed by atoms with Crippen LogP contribution in [0.5, 0.6) is 5.75 Å². The molecule has 4 heteroatoms. The van der Waals surface area contributed by atoms with E-state index >= 15 is 0 Å². The number of aromatic hydroxyl groups is 1. The Hall–Kier alpha value is -0.580. The van der Waals surface area contributed by atoms with Gasteiger partial charge in [0.2, 0.25) is 0 Å². The molecule has 0 amide bonds. The molecule has 0 aromatic heterocycles. The van der Waals surface area contributed by atoms with E-state index in [0.29, 0.717) is 17.8 Å². The molecule has 2 rings (SSSR count). The van der Waals surface area contributed by atoms with Crippen molar-refractivity contribution in [3.05, 3.63) is 28.2 Å². The minimum atomic E-state index is 0.299. The first-order valence-electron chi connectivity index (χ1n) is 6.33. The zero-order valence-electron chi connectivity index (χ0n) is 10.9. The van der Waals surface area contributed by atoms with Gasteiger partial charge in [-0.15, -0.1) is 0 Å². The number of hydrogen-bond donors (Lipinski definition) is 1. The van der Waals surface area contributed by atoms with Crippen molar-refractivity contribution >= 4 is 15.9 Å². The molecule has 1 aromatic rings. The maximum absolute atomic E-state index is 10.00. The third-order valence-electron chi connectivity index (χ3n) is 3.74. The number of likely N-dealkylation sites (tertiary alicyclic amines) is 1. The third-order valence-corrected chi connectivity index (χ3v) is 4.38. The third kappa shape index (κ3) is 3.05. The smallest absolute Gasteiger partial charge is 0.134 e. The molecule has 0 spiro atoms. The molecule has 0 bridgehead atoms. The van der Waals surface area contributed by atoms with Crippen molar-refractivity contribution in [2.24, 2.45) is 5.92 Å². The Bertz CT molecular complexity index is 411. The van der Waals surface area contributed by atoms with Gasteiger partial charge in [-0.3, -0.25) is 4.90 Å². The van der Waals surface area contributed by atoms with Gasteiger partial charge in [-0.2, -0.15) is 0 Å². The van der Waals surface area contributed by atoms with Crippen LogP contribution in [0.1, 0.15) is 18.9 Å². The van der Waals surface area contributed by atoms with Crippen LogP contribution in [0.25, 0.3) is 0 Å². The van der Waals surface area contributed by atoms with E-state index in [1.165, 1.54) is 0 Å². The molecule has 3 nitrogen and oxygen atoms in total. The number of piperidine rings is 1. The van der Waals surface area contributed by atoms with Crippen LogP contribution in [0.15, 0.2) is 22.7 Å². The summed E-state index contributed by atoms with van der Waals surface area (Å²) in [7, 11) is 1.78. The molecule has 0 saturated carbocycles. The monoisotopic (exact) mass is 313 g/mol. The Labute approximate surface area is 117 Å². The predicted molar refractivity (Wildman–Crippen MR) is 75.7 cm³/mol. The van der Waals surface area contributed by atoms with Gasteiger partial charge in [0.25, 0.3) is 0 Å². The second-order valence-electron chi connectivity index (χ2n) is 5.02. The second-order valence-corrected chi connectivity index (χ2v) is 5.88. The molecule has 1 aliphatic heterocycles. The van der Waals surface area contributed by atoms with Crippen LogP contribution in [0.2, 0.25) is 0 Å². The minimum Gasteiger partial charge on any atom is -0.506 e. The number of ether oxygens (including phenoxy) is 1. The highest BCUT2D eigenvalue weighted by Gasteiger charge is 2.26. The predicted octanol–water partition coefficient (Wildman–Crippen LogP) is 3.01. The number of nitrogens with zero attached hydrogens (tertiary/aromatic N) is 1. The number of benzene rings is 1. The number of hydrogen-bond acceptors (Lipinski definition) is 3. The highest BCUT2D eigenvalue weighted by Crippen LogP contribution is 2.29. The lowest BCUT2D eigenvalue weighted by Gasteiger charge is -2.36. The Morgan fingerprint density at radius 1 is 1.50 bits per heavy atom. The van der Waals surface area contributed by atoms with Crippen molar-refractivity contribution in [1.82, 2.24) is 4.90 Å². The highest BCUT2D eigenvalue weighted by molar-refractivity contribution is 9.10. The van der Waals surface area contributed by atoms with Gasteiger partial charge in [0.1, 0.15) is 5.75 Å². The fourth-order valence-corrected chi connectivity index (χ4v) is 2.88. The largest absolute Gasteiger partial charge is 0.506 e. The number of methoxy groups -OCH3 is 1.